The maximum absolute atomic E-state index is 14.5. The molecule has 1 saturated carbocycles. The van der Waals surface area contributed by atoms with E-state index in [4.69, 9.17) is 14.6 Å². The highest BCUT2D eigenvalue weighted by molar-refractivity contribution is 5.90. The molecular formula is C24H23FN4O4. The lowest BCUT2D eigenvalue weighted by atomic mass is 10.1. The van der Waals surface area contributed by atoms with Gasteiger partial charge in [-0.2, -0.15) is 5.26 Å². The Labute approximate surface area is 190 Å². The third-order valence-electron chi connectivity index (χ3n) is 5.06. The molecule has 2 amide bonds. The van der Waals surface area contributed by atoms with Gasteiger partial charge in [0, 0.05) is 36.4 Å². The molecule has 0 spiro atoms. The third kappa shape index (κ3) is 5.67. The van der Waals surface area contributed by atoms with Gasteiger partial charge in [0.05, 0.1) is 23.4 Å². The number of nitrogens with one attached hydrogen (secondary N) is 2. The molecule has 8 nitrogen and oxygen atoms in total. The molecule has 1 aromatic heterocycles. The summed E-state index contributed by atoms with van der Waals surface area (Å²) >= 11 is 0. The summed E-state index contributed by atoms with van der Waals surface area (Å²) in [7, 11) is 0. The van der Waals surface area contributed by atoms with Gasteiger partial charge in [-0.15, -0.1) is 0 Å². The van der Waals surface area contributed by atoms with Gasteiger partial charge >= 0.3 is 6.03 Å². The normalized spacial score (nSPS) is 12.8. The number of nitriles is 1. The Bertz CT molecular complexity index is 1210. The lowest BCUT2D eigenvalue weighted by Crippen LogP contribution is -2.30. The second-order valence-corrected chi connectivity index (χ2v) is 7.68. The summed E-state index contributed by atoms with van der Waals surface area (Å²) in [6.45, 7) is 0.453. The number of hydrogen-bond donors (Lipinski definition) is 3. The smallest absolute Gasteiger partial charge is 0.319 e. The third-order valence-corrected chi connectivity index (χ3v) is 5.06. The molecule has 9 heteroatoms. The predicted molar refractivity (Wildman–Crippen MR) is 120 cm³/mol. The molecule has 0 aliphatic heterocycles. The van der Waals surface area contributed by atoms with Crippen LogP contribution >= 0.6 is 0 Å². The summed E-state index contributed by atoms with van der Waals surface area (Å²) in [6, 6.07) is 10.9. The van der Waals surface area contributed by atoms with Crippen LogP contribution in [0.25, 0.3) is 10.9 Å². The number of carbonyl (C=O) groups is 1. The van der Waals surface area contributed by atoms with E-state index in [1.54, 1.807) is 30.5 Å². The van der Waals surface area contributed by atoms with E-state index < -0.39 is 11.8 Å². The molecule has 0 atom stereocenters. The maximum Gasteiger partial charge on any atom is 0.319 e. The van der Waals surface area contributed by atoms with Crippen LogP contribution in [0.4, 0.5) is 14.9 Å². The number of pyridine rings is 1. The van der Waals surface area contributed by atoms with E-state index in [0.717, 1.165) is 12.8 Å². The second-order valence-electron chi connectivity index (χ2n) is 7.68. The molecule has 1 heterocycles. The van der Waals surface area contributed by atoms with Crippen molar-refractivity contribution in [2.75, 3.05) is 18.5 Å². The van der Waals surface area contributed by atoms with Crippen LogP contribution in [-0.2, 0) is 0 Å². The number of aromatic nitrogens is 1. The molecular weight excluding hydrogens is 427 g/mol. The van der Waals surface area contributed by atoms with Crippen LogP contribution in [0.2, 0.25) is 0 Å². The number of anilines is 1. The Balaban J connectivity index is 1.52. The summed E-state index contributed by atoms with van der Waals surface area (Å²) in [5.74, 6) is 0.400. The molecule has 0 radical (unpaired) electrons. The van der Waals surface area contributed by atoms with Gasteiger partial charge < -0.3 is 25.2 Å². The first kappa shape index (κ1) is 22.3. The van der Waals surface area contributed by atoms with Crippen molar-refractivity contribution in [3.8, 4) is 23.3 Å². The number of rotatable bonds is 9. The Hall–Kier alpha value is -3.90. The number of fused-ring (bicyclic) bond motifs is 1. The highest BCUT2D eigenvalue weighted by Crippen LogP contribution is 2.34. The number of benzene rings is 2. The van der Waals surface area contributed by atoms with Gasteiger partial charge in [0.25, 0.3) is 0 Å². The van der Waals surface area contributed by atoms with Crippen LogP contribution in [0, 0.1) is 17.1 Å². The average Bonchev–Trinajstić information content (AvgIpc) is 3.62. The predicted octanol–water partition coefficient (Wildman–Crippen LogP) is 4.47. The Morgan fingerprint density at radius 2 is 2.06 bits per heavy atom. The Kier molecular flexibility index (Phi) is 6.86. The van der Waals surface area contributed by atoms with Gasteiger partial charge in [-0.25, -0.2) is 9.18 Å². The maximum atomic E-state index is 14.5. The minimum Gasteiger partial charge on any atom is -0.492 e. The summed E-state index contributed by atoms with van der Waals surface area (Å²) in [6.07, 6.45) is 4.70. The molecule has 1 fully saturated rings. The van der Waals surface area contributed by atoms with E-state index in [1.165, 1.54) is 12.1 Å². The number of amides is 2. The summed E-state index contributed by atoms with van der Waals surface area (Å²) in [5.41, 5.74) is 0.922. The highest BCUT2D eigenvalue weighted by Gasteiger charge is 2.23. The fraction of sp³-hybridized carbons (Fsp3) is 0.292. The largest absolute Gasteiger partial charge is 0.492 e. The average molecular weight is 450 g/mol. The number of urea groups is 1. The molecule has 3 aromatic rings. The number of carbonyl (C=O) groups excluding carboxylic acids is 1. The number of aliphatic hydroxyl groups excluding tert-OH is 1. The van der Waals surface area contributed by atoms with E-state index in [-0.39, 0.29) is 24.1 Å². The van der Waals surface area contributed by atoms with Crippen molar-refractivity contribution in [2.24, 2.45) is 0 Å². The Morgan fingerprint density at radius 3 is 2.79 bits per heavy atom. The van der Waals surface area contributed by atoms with Crippen LogP contribution in [0.15, 0.2) is 42.6 Å². The number of aliphatic hydroxyl groups is 1. The van der Waals surface area contributed by atoms with E-state index >= 15 is 0 Å². The molecule has 170 valence electrons. The van der Waals surface area contributed by atoms with Crippen molar-refractivity contribution in [3.63, 3.8) is 0 Å². The first-order valence-corrected chi connectivity index (χ1v) is 10.7. The van der Waals surface area contributed by atoms with Gasteiger partial charge in [-0.05, 0) is 49.9 Å². The Morgan fingerprint density at radius 1 is 1.21 bits per heavy atom. The summed E-state index contributed by atoms with van der Waals surface area (Å²) in [5, 5.41) is 24.2. The van der Waals surface area contributed by atoms with Gasteiger partial charge in [0.15, 0.2) is 0 Å². The molecule has 33 heavy (non-hydrogen) atoms. The van der Waals surface area contributed by atoms with Crippen molar-refractivity contribution in [3.05, 3.63) is 54.0 Å². The zero-order chi connectivity index (χ0) is 23.2. The van der Waals surface area contributed by atoms with Gasteiger partial charge in [0.1, 0.15) is 29.1 Å². The first-order chi connectivity index (χ1) is 16.1. The van der Waals surface area contributed by atoms with Crippen LogP contribution < -0.4 is 20.1 Å². The molecule has 4 rings (SSSR count). The molecule has 1 aliphatic rings. The molecule has 2 aromatic carbocycles. The van der Waals surface area contributed by atoms with Crippen LogP contribution in [0.3, 0.4) is 0 Å². The summed E-state index contributed by atoms with van der Waals surface area (Å²) < 4.78 is 26.1. The monoisotopic (exact) mass is 450 g/mol. The minimum atomic E-state index is -0.631. The molecule has 0 bridgehead atoms. The van der Waals surface area contributed by atoms with Crippen LogP contribution in [-0.4, -0.2) is 35.4 Å². The first-order valence-electron chi connectivity index (χ1n) is 10.7. The number of hydrogen-bond acceptors (Lipinski definition) is 6. The van der Waals surface area contributed by atoms with E-state index in [0.29, 0.717) is 47.4 Å². The molecule has 0 saturated heterocycles. The topological polar surface area (TPSA) is 116 Å². The van der Waals surface area contributed by atoms with Gasteiger partial charge in [0.2, 0.25) is 0 Å². The van der Waals surface area contributed by atoms with Crippen LogP contribution in [0.5, 0.6) is 17.2 Å². The van der Waals surface area contributed by atoms with Gasteiger partial charge in [-0.3, -0.25) is 4.98 Å². The minimum absolute atomic E-state index is 0.0508. The van der Waals surface area contributed by atoms with Crippen molar-refractivity contribution < 1.29 is 23.8 Å². The quantitative estimate of drug-likeness (QED) is 0.414. The lowest BCUT2D eigenvalue weighted by molar-refractivity contribution is 0.251. The number of nitrogens with zero attached hydrogens (tertiary/aromatic N) is 2. The van der Waals surface area contributed by atoms with Gasteiger partial charge in [-0.1, -0.05) is 0 Å². The molecule has 0 unspecified atom stereocenters. The fourth-order valence-corrected chi connectivity index (χ4v) is 3.20. The van der Waals surface area contributed by atoms with E-state index in [2.05, 4.69) is 21.7 Å². The number of ether oxygens (including phenoxy) is 2. The molecule has 3 N–H and O–H groups in total. The van der Waals surface area contributed by atoms with E-state index in [1.807, 2.05) is 0 Å². The van der Waals surface area contributed by atoms with E-state index in [9.17, 15) is 14.4 Å². The second kappa shape index (κ2) is 10.1. The van der Waals surface area contributed by atoms with Crippen molar-refractivity contribution in [1.82, 2.24) is 10.3 Å². The summed E-state index contributed by atoms with van der Waals surface area (Å²) in [4.78, 5) is 16.2. The van der Waals surface area contributed by atoms with Crippen molar-refractivity contribution in [1.29, 1.82) is 5.26 Å². The molecule has 1 aliphatic carbocycles. The van der Waals surface area contributed by atoms with Crippen molar-refractivity contribution >= 4 is 22.6 Å². The lowest BCUT2D eigenvalue weighted by Gasteiger charge is -2.13. The SMILES string of the molecule is N#Cc1cc2c(Oc3ccc(NC(=O)NC4CC4)c(F)c3)ccnc2cc1OCCCCO. The zero-order valence-corrected chi connectivity index (χ0v) is 17.8. The fourth-order valence-electron chi connectivity index (χ4n) is 3.20. The van der Waals surface area contributed by atoms with Crippen molar-refractivity contribution in [2.45, 2.75) is 31.7 Å². The number of unbranched alkanes of at least 4 members (excludes halogenated alkanes) is 1. The van der Waals surface area contributed by atoms with Crippen LogP contribution in [0.1, 0.15) is 31.2 Å². The standard InChI is InChI=1S/C24H23FN4O4/c25-19-12-17(5-6-20(19)29-24(31)28-16-3-4-16)33-22-7-8-27-21-13-23(32-10-2-1-9-30)15(14-26)11-18(21)22/h5-8,11-13,16,30H,1-4,9-10H2,(H2,28,29,31). The zero-order valence-electron chi connectivity index (χ0n) is 17.8. The number of halogens is 1. The highest BCUT2D eigenvalue weighted by atomic mass is 19.1.